The number of aliphatic hydroxyl groups is 1. The summed E-state index contributed by atoms with van der Waals surface area (Å²) in [5.74, 6) is 0. The summed E-state index contributed by atoms with van der Waals surface area (Å²) in [6, 6.07) is 7.63. The summed E-state index contributed by atoms with van der Waals surface area (Å²) >= 11 is 3.46. The lowest BCUT2D eigenvalue weighted by Crippen LogP contribution is -2.30. The fourth-order valence-corrected chi connectivity index (χ4v) is 3.05. The van der Waals surface area contributed by atoms with Gasteiger partial charge in [-0.3, -0.25) is 0 Å². The number of anilines is 1. The van der Waals surface area contributed by atoms with Crippen LogP contribution in [0.25, 0.3) is 0 Å². The van der Waals surface area contributed by atoms with Crippen molar-refractivity contribution in [3.63, 3.8) is 0 Å². The molecular formula is C14H17BrN2O. The molecule has 3 nitrogen and oxygen atoms in total. The molecule has 2 N–H and O–H groups in total. The third-order valence-corrected chi connectivity index (χ3v) is 4.41. The van der Waals surface area contributed by atoms with Crippen LogP contribution in [-0.4, -0.2) is 18.3 Å². The molecule has 18 heavy (non-hydrogen) atoms. The lowest BCUT2D eigenvalue weighted by molar-refractivity contribution is 0.142. The molecule has 0 aromatic heterocycles. The summed E-state index contributed by atoms with van der Waals surface area (Å²) in [4.78, 5) is 0. The van der Waals surface area contributed by atoms with Gasteiger partial charge >= 0.3 is 0 Å². The van der Waals surface area contributed by atoms with Gasteiger partial charge in [0.05, 0.1) is 18.2 Å². The molecule has 0 bridgehead atoms. The van der Waals surface area contributed by atoms with Gasteiger partial charge in [-0.15, -0.1) is 0 Å². The van der Waals surface area contributed by atoms with E-state index in [9.17, 15) is 5.11 Å². The van der Waals surface area contributed by atoms with E-state index >= 15 is 0 Å². The number of aliphatic hydroxyl groups excluding tert-OH is 1. The van der Waals surface area contributed by atoms with Crippen molar-refractivity contribution in [1.29, 1.82) is 5.26 Å². The molecule has 1 aliphatic rings. The van der Waals surface area contributed by atoms with Crippen LogP contribution in [0.5, 0.6) is 0 Å². The number of hydrogen-bond donors (Lipinski definition) is 2. The predicted octanol–water partition coefficient (Wildman–Crippen LogP) is 3.29. The van der Waals surface area contributed by atoms with E-state index in [0.717, 1.165) is 29.5 Å². The first-order valence-corrected chi connectivity index (χ1v) is 7.03. The van der Waals surface area contributed by atoms with E-state index in [4.69, 9.17) is 5.26 Å². The van der Waals surface area contributed by atoms with Crippen molar-refractivity contribution >= 4 is 21.6 Å². The quantitative estimate of drug-likeness (QED) is 0.897. The van der Waals surface area contributed by atoms with Crippen molar-refractivity contribution in [2.75, 3.05) is 18.5 Å². The Bertz CT molecular complexity index is 461. The van der Waals surface area contributed by atoms with E-state index in [1.54, 1.807) is 6.07 Å². The molecule has 1 fully saturated rings. The Kier molecular flexibility index (Phi) is 4.26. The Labute approximate surface area is 116 Å². The zero-order chi connectivity index (χ0) is 13.0. The van der Waals surface area contributed by atoms with Crippen LogP contribution in [0.3, 0.4) is 0 Å². The zero-order valence-corrected chi connectivity index (χ0v) is 11.8. The van der Waals surface area contributed by atoms with Crippen molar-refractivity contribution < 1.29 is 5.11 Å². The number of nitriles is 1. The van der Waals surface area contributed by atoms with Crippen LogP contribution >= 0.6 is 15.9 Å². The van der Waals surface area contributed by atoms with Gasteiger partial charge in [-0.25, -0.2) is 0 Å². The van der Waals surface area contributed by atoms with E-state index in [2.05, 4.69) is 27.3 Å². The van der Waals surface area contributed by atoms with Gasteiger partial charge < -0.3 is 10.4 Å². The average molecular weight is 309 g/mol. The number of hydrogen-bond acceptors (Lipinski definition) is 3. The Balaban J connectivity index is 2.04. The lowest BCUT2D eigenvalue weighted by Gasteiger charge is -2.27. The molecule has 0 amide bonds. The maximum Gasteiger partial charge on any atom is 0.0992 e. The van der Waals surface area contributed by atoms with Crippen molar-refractivity contribution in [2.24, 2.45) is 5.41 Å². The molecule has 1 aliphatic carbocycles. The van der Waals surface area contributed by atoms with Gasteiger partial charge in [-0.1, -0.05) is 12.8 Å². The van der Waals surface area contributed by atoms with Gasteiger partial charge in [0.2, 0.25) is 0 Å². The highest BCUT2D eigenvalue weighted by atomic mass is 79.9. The largest absolute Gasteiger partial charge is 0.396 e. The summed E-state index contributed by atoms with van der Waals surface area (Å²) in [6.07, 6.45) is 4.59. The molecule has 2 rings (SSSR count). The van der Waals surface area contributed by atoms with Crippen LogP contribution in [0.2, 0.25) is 0 Å². The molecule has 1 saturated carbocycles. The highest BCUT2D eigenvalue weighted by Crippen LogP contribution is 2.38. The van der Waals surface area contributed by atoms with E-state index in [-0.39, 0.29) is 12.0 Å². The number of halogens is 1. The second kappa shape index (κ2) is 5.73. The summed E-state index contributed by atoms with van der Waals surface area (Å²) in [6.45, 7) is 1.03. The van der Waals surface area contributed by atoms with Crippen LogP contribution < -0.4 is 5.32 Å². The van der Waals surface area contributed by atoms with Crippen LogP contribution in [0, 0.1) is 16.7 Å². The molecule has 0 saturated heterocycles. The smallest absolute Gasteiger partial charge is 0.0992 e. The normalized spacial score (nSPS) is 17.4. The number of nitrogens with zero attached hydrogens (tertiary/aromatic N) is 1. The van der Waals surface area contributed by atoms with Gasteiger partial charge in [-0.05, 0) is 47.0 Å². The Hall–Kier alpha value is -1.05. The van der Waals surface area contributed by atoms with Crippen molar-refractivity contribution in [2.45, 2.75) is 25.7 Å². The molecule has 96 valence electrons. The highest BCUT2D eigenvalue weighted by Gasteiger charge is 2.32. The SMILES string of the molecule is N#Cc1ccc(NCC2(CO)CCCC2)c(Br)c1. The third kappa shape index (κ3) is 2.85. The Morgan fingerprint density at radius 1 is 1.39 bits per heavy atom. The second-order valence-electron chi connectivity index (χ2n) is 5.03. The molecule has 1 aromatic carbocycles. The first kappa shape index (κ1) is 13.4. The monoisotopic (exact) mass is 308 g/mol. The maximum atomic E-state index is 9.55. The van der Waals surface area contributed by atoms with E-state index < -0.39 is 0 Å². The maximum absolute atomic E-state index is 9.55. The van der Waals surface area contributed by atoms with E-state index in [1.165, 1.54) is 12.8 Å². The average Bonchev–Trinajstić information content (AvgIpc) is 2.86. The minimum atomic E-state index is 0.0351. The molecule has 0 heterocycles. The van der Waals surface area contributed by atoms with Crippen LogP contribution in [-0.2, 0) is 0 Å². The molecule has 1 aromatic rings. The number of nitrogens with one attached hydrogen (secondary N) is 1. The van der Waals surface area contributed by atoms with Gasteiger partial charge in [-0.2, -0.15) is 5.26 Å². The minimum absolute atomic E-state index is 0.0351. The van der Waals surface area contributed by atoms with Crippen molar-refractivity contribution in [3.8, 4) is 6.07 Å². The van der Waals surface area contributed by atoms with E-state index in [0.29, 0.717) is 5.56 Å². The van der Waals surface area contributed by atoms with Crippen molar-refractivity contribution in [1.82, 2.24) is 0 Å². The fourth-order valence-electron chi connectivity index (χ4n) is 2.53. The third-order valence-electron chi connectivity index (χ3n) is 3.75. The molecule has 0 atom stereocenters. The van der Waals surface area contributed by atoms with Gasteiger partial charge in [0.15, 0.2) is 0 Å². The van der Waals surface area contributed by atoms with Crippen LogP contribution in [0.4, 0.5) is 5.69 Å². The molecule has 0 unspecified atom stereocenters. The topological polar surface area (TPSA) is 56.0 Å². The van der Waals surface area contributed by atoms with Crippen LogP contribution in [0.1, 0.15) is 31.2 Å². The molecule has 0 radical (unpaired) electrons. The first-order chi connectivity index (χ1) is 8.69. The summed E-state index contributed by atoms with van der Waals surface area (Å²) < 4.78 is 0.896. The summed E-state index contributed by atoms with van der Waals surface area (Å²) in [7, 11) is 0. The Morgan fingerprint density at radius 3 is 2.67 bits per heavy atom. The Morgan fingerprint density at radius 2 is 2.11 bits per heavy atom. The molecule has 0 aliphatic heterocycles. The first-order valence-electron chi connectivity index (χ1n) is 6.23. The fraction of sp³-hybridized carbons (Fsp3) is 0.500. The predicted molar refractivity (Wildman–Crippen MR) is 75.3 cm³/mol. The van der Waals surface area contributed by atoms with Crippen molar-refractivity contribution in [3.05, 3.63) is 28.2 Å². The van der Waals surface area contributed by atoms with Gasteiger partial charge in [0, 0.05) is 22.1 Å². The highest BCUT2D eigenvalue weighted by molar-refractivity contribution is 9.10. The lowest BCUT2D eigenvalue weighted by atomic mass is 9.87. The second-order valence-corrected chi connectivity index (χ2v) is 5.88. The van der Waals surface area contributed by atoms with Gasteiger partial charge in [0.25, 0.3) is 0 Å². The standard InChI is InChI=1S/C14H17BrN2O/c15-12-7-11(8-16)3-4-13(12)17-9-14(10-18)5-1-2-6-14/h3-4,7,17-18H,1-2,5-6,9-10H2. The molecule has 4 heteroatoms. The van der Waals surface area contributed by atoms with Gasteiger partial charge in [0.1, 0.15) is 0 Å². The number of benzene rings is 1. The molecule has 0 spiro atoms. The van der Waals surface area contributed by atoms with Crippen LogP contribution in [0.15, 0.2) is 22.7 Å². The minimum Gasteiger partial charge on any atom is -0.396 e. The zero-order valence-electron chi connectivity index (χ0n) is 10.2. The number of rotatable bonds is 4. The summed E-state index contributed by atoms with van der Waals surface area (Å²) in [5.41, 5.74) is 1.66. The summed E-state index contributed by atoms with van der Waals surface area (Å²) in [5, 5.41) is 21.7. The van der Waals surface area contributed by atoms with E-state index in [1.807, 2.05) is 12.1 Å². The molecular weight excluding hydrogens is 292 g/mol.